The molecule has 1 fully saturated rings. The van der Waals surface area contributed by atoms with E-state index in [1.54, 1.807) is 0 Å². The molecule has 0 amide bonds. The molecule has 2 heterocycles. The van der Waals surface area contributed by atoms with Crippen molar-refractivity contribution in [2.24, 2.45) is 5.73 Å². The number of morpholine rings is 1. The molecule has 4 nitrogen and oxygen atoms in total. The van der Waals surface area contributed by atoms with E-state index in [9.17, 15) is 0 Å². The van der Waals surface area contributed by atoms with Gasteiger partial charge in [0.05, 0.1) is 26.3 Å². The summed E-state index contributed by atoms with van der Waals surface area (Å²) in [7, 11) is 0. The molecule has 1 aromatic heterocycles. The van der Waals surface area contributed by atoms with Crippen molar-refractivity contribution in [1.82, 2.24) is 4.90 Å². The van der Waals surface area contributed by atoms with Crippen molar-refractivity contribution in [3.8, 4) is 0 Å². The predicted octanol–water partition coefficient (Wildman–Crippen LogP) is 1.66. The lowest BCUT2D eigenvalue weighted by atomic mass is 10.1. The standard InChI is InChI=1S/C13H22N2O2/c1-3-11-9-16-5-4-15(11)8-12-6-10(2)13(7-14)17-12/h6,11H,3-5,7-9,14H2,1-2H3. The number of ether oxygens (including phenoxy) is 1. The SMILES string of the molecule is CCC1COCCN1Cc1cc(C)c(CN)o1. The maximum absolute atomic E-state index is 5.75. The van der Waals surface area contributed by atoms with E-state index in [2.05, 4.69) is 17.9 Å². The van der Waals surface area contributed by atoms with Gasteiger partial charge < -0.3 is 14.9 Å². The molecular weight excluding hydrogens is 216 g/mol. The normalized spacial score (nSPS) is 21.9. The fourth-order valence-electron chi connectivity index (χ4n) is 2.34. The molecule has 4 heteroatoms. The Hall–Kier alpha value is -0.840. The van der Waals surface area contributed by atoms with E-state index in [4.69, 9.17) is 14.9 Å². The van der Waals surface area contributed by atoms with E-state index in [0.717, 1.165) is 49.8 Å². The molecule has 2 rings (SSSR count). The summed E-state index contributed by atoms with van der Waals surface area (Å²) in [6.07, 6.45) is 1.11. The average Bonchev–Trinajstić information content (AvgIpc) is 2.70. The molecular formula is C13H22N2O2. The first-order chi connectivity index (χ1) is 8.24. The van der Waals surface area contributed by atoms with Crippen LogP contribution >= 0.6 is 0 Å². The van der Waals surface area contributed by atoms with Crippen LogP contribution in [-0.4, -0.2) is 30.7 Å². The molecule has 2 N–H and O–H groups in total. The zero-order chi connectivity index (χ0) is 12.3. The summed E-state index contributed by atoms with van der Waals surface area (Å²) >= 11 is 0. The van der Waals surface area contributed by atoms with Crippen LogP contribution in [0.25, 0.3) is 0 Å². The number of aryl methyl sites for hydroxylation is 1. The van der Waals surface area contributed by atoms with E-state index in [1.165, 1.54) is 0 Å². The second-order valence-corrected chi connectivity index (χ2v) is 4.63. The summed E-state index contributed by atoms with van der Waals surface area (Å²) < 4.78 is 11.3. The van der Waals surface area contributed by atoms with Crippen molar-refractivity contribution in [3.63, 3.8) is 0 Å². The number of furan rings is 1. The highest BCUT2D eigenvalue weighted by atomic mass is 16.5. The Morgan fingerprint density at radius 2 is 2.35 bits per heavy atom. The minimum atomic E-state index is 0.478. The number of rotatable bonds is 4. The molecule has 1 atom stereocenters. The second-order valence-electron chi connectivity index (χ2n) is 4.63. The summed E-state index contributed by atoms with van der Waals surface area (Å²) in [4.78, 5) is 2.43. The lowest BCUT2D eigenvalue weighted by Gasteiger charge is -2.34. The van der Waals surface area contributed by atoms with Crippen molar-refractivity contribution in [3.05, 3.63) is 23.2 Å². The van der Waals surface area contributed by atoms with Crippen LogP contribution in [0, 0.1) is 6.92 Å². The van der Waals surface area contributed by atoms with Crippen molar-refractivity contribution in [1.29, 1.82) is 0 Å². The Morgan fingerprint density at radius 3 is 3.00 bits per heavy atom. The summed E-state index contributed by atoms with van der Waals surface area (Å²) in [5.41, 5.74) is 6.78. The van der Waals surface area contributed by atoms with Crippen LogP contribution in [0.2, 0.25) is 0 Å². The van der Waals surface area contributed by atoms with Crippen molar-refractivity contribution in [2.45, 2.75) is 39.4 Å². The largest absolute Gasteiger partial charge is 0.463 e. The first kappa shape index (κ1) is 12.6. The van der Waals surface area contributed by atoms with Gasteiger partial charge in [-0.2, -0.15) is 0 Å². The maximum atomic E-state index is 5.75. The first-order valence-corrected chi connectivity index (χ1v) is 6.34. The monoisotopic (exact) mass is 238 g/mol. The third kappa shape index (κ3) is 2.89. The van der Waals surface area contributed by atoms with Crippen LogP contribution < -0.4 is 5.73 Å². The molecule has 1 aliphatic heterocycles. The third-order valence-electron chi connectivity index (χ3n) is 3.44. The molecule has 1 aromatic rings. The summed E-state index contributed by atoms with van der Waals surface area (Å²) in [5.74, 6) is 1.92. The van der Waals surface area contributed by atoms with Crippen molar-refractivity contribution >= 4 is 0 Å². The van der Waals surface area contributed by atoms with Gasteiger partial charge in [0.15, 0.2) is 0 Å². The summed E-state index contributed by atoms with van der Waals surface area (Å²) in [5, 5.41) is 0. The third-order valence-corrected chi connectivity index (χ3v) is 3.44. The van der Waals surface area contributed by atoms with Gasteiger partial charge in [-0.25, -0.2) is 0 Å². The number of hydrogen-bond acceptors (Lipinski definition) is 4. The van der Waals surface area contributed by atoms with Gasteiger partial charge in [-0.05, 0) is 25.0 Å². The fourth-order valence-corrected chi connectivity index (χ4v) is 2.34. The molecule has 0 spiro atoms. The second kappa shape index (κ2) is 5.67. The van der Waals surface area contributed by atoms with Crippen LogP contribution in [0.4, 0.5) is 0 Å². The smallest absolute Gasteiger partial charge is 0.120 e. The van der Waals surface area contributed by atoms with Crippen LogP contribution in [0.15, 0.2) is 10.5 Å². The predicted molar refractivity (Wildman–Crippen MR) is 66.6 cm³/mol. The Bertz CT molecular complexity index is 362. The Balaban J connectivity index is 2.03. The van der Waals surface area contributed by atoms with E-state index < -0.39 is 0 Å². The van der Waals surface area contributed by atoms with Crippen LogP contribution in [0.1, 0.15) is 30.4 Å². The van der Waals surface area contributed by atoms with Crippen molar-refractivity contribution < 1.29 is 9.15 Å². The molecule has 1 aliphatic rings. The van der Waals surface area contributed by atoms with Gasteiger partial charge in [0.2, 0.25) is 0 Å². The van der Waals surface area contributed by atoms with Gasteiger partial charge in [0.1, 0.15) is 11.5 Å². The zero-order valence-electron chi connectivity index (χ0n) is 10.7. The molecule has 0 bridgehead atoms. The summed E-state index contributed by atoms with van der Waals surface area (Å²) in [6, 6.07) is 2.61. The Labute approximate surface area is 103 Å². The molecule has 0 radical (unpaired) electrons. The minimum Gasteiger partial charge on any atom is -0.463 e. The Morgan fingerprint density at radius 1 is 1.53 bits per heavy atom. The lowest BCUT2D eigenvalue weighted by Crippen LogP contribution is -2.44. The van der Waals surface area contributed by atoms with Gasteiger partial charge in [-0.15, -0.1) is 0 Å². The van der Waals surface area contributed by atoms with Gasteiger partial charge in [0.25, 0.3) is 0 Å². The topological polar surface area (TPSA) is 51.6 Å². The summed E-state index contributed by atoms with van der Waals surface area (Å²) in [6.45, 7) is 8.22. The lowest BCUT2D eigenvalue weighted by molar-refractivity contribution is -0.0155. The minimum absolute atomic E-state index is 0.478. The van der Waals surface area contributed by atoms with Gasteiger partial charge in [0, 0.05) is 12.6 Å². The number of nitrogens with zero attached hydrogens (tertiary/aromatic N) is 1. The van der Waals surface area contributed by atoms with Crippen LogP contribution in [0.3, 0.4) is 0 Å². The molecule has 17 heavy (non-hydrogen) atoms. The average molecular weight is 238 g/mol. The fraction of sp³-hybridized carbons (Fsp3) is 0.692. The Kier molecular flexibility index (Phi) is 4.20. The van der Waals surface area contributed by atoms with Crippen LogP contribution in [-0.2, 0) is 17.8 Å². The van der Waals surface area contributed by atoms with E-state index >= 15 is 0 Å². The highest BCUT2D eigenvalue weighted by molar-refractivity contribution is 5.19. The zero-order valence-corrected chi connectivity index (χ0v) is 10.7. The molecule has 0 aromatic carbocycles. The molecule has 0 aliphatic carbocycles. The number of nitrogens with two attached hydrogens (primary N) is 1. The molecule has 1 saturated heterocycles. The number of hydrogen-bond donors (Lipinski definition) is 1. The van der Waals surface area contributed by atoms with Gasteiger partial charge >= 0.3 is 0 Å². The highest BCUT2D eigenvalue weighted by Crippen LogP contribution is 2.19. The quantitative estimate of drug-likeness (QED) is 0.866. The van der Waals surface area contributed by atoms with E-state index in [0.29, 0.717) is 12.6 Å². The molecule has 1 unspecified atom stereocenters. The van der Waals surface area contributed by atoms with Crippen molar-refractivity contribution in [2.75, 3.05) is 19.8 Å². The first-order valence-electron chi connectivity index (χ1n) is 6.34. The van der Waals surface area contributed by atoms with Gasteiger partial charge in [-0.3, -0.25) is 4.90 Å². The maximum Gasteiger partial charge on any atom is 0.120 e. The molecule has 0 saturated carbocycles. The van der Waals surface area contributed by atoms with Gasteiger partial charge in [-0.1, -0.05) is 6.92 Å². The van der Waals surface area contributed by atoms with E-state index in [-0.39, 0.29) is 0 Å². The van der Waals surface area contributed by atoms with Crippen LogP contribution in [0.5, 0.6) is 0 Å². The molecule has 96 valence electrons. The highest BCUT2D eigenvalue weighted by Gasteiger charge is 2.22. The van der Waals surface area contributed by atoms with E-state index in [1.807, 2.05) is 6.92 Å².